The third-order valence-corrected chi connectivity index (χ3v) is 5.98. The van der Waals surface area contributed by atoms with Gasteiger partial charge in [-0.2, -0.15) is 15.4 Å². The SMILES string of the molecule is Cc1c(/C=N/N2C(=O)c3cccc4c(N(C)CCO)ccc(c34)C2=O)c(O)n(C)c(=O)c1C#N. The summed E-state index contributed by atoms with van der Waals surface area (Å²) >= 11 is 0. The average molecular weight is 459 g/mol. The van der Waals surface area contributed by atoms with Gasteiger partial charge in [-0.3, -0.25) is 19.0 Å². The number of aliphatic hydroxyl groups is 1. The molecule has 0 bridgehead atoms. The van der Waals surface area contributed by atoms with Gasteiger partial charge in [0.25, 0.3) is 17.4 Å². The Bertz CT molecular complexity index is 1480. The Hall–Kier alpha value is -4.49. The summed E-state index contributed by atoms with van der Waals surface area (Å²) in [6, 6.07) is 10.3. The fraction of sp³-hybridized carbons (Fsp3) is 0.208. The van der Waals surface area contributed by atoms with Gasteiger partial charge in [0.05, 0.1) is 29.5 Å². The molecule has 4 rings (SSSR count). The molecule has 0 saturated heterocycles. The minimum Gasteiger partial charge on any atom is -0.494 e. The van der Waals surface area contributed by atoms with Crippen molar-refractivity contribution in [2.45, 2.75) is 6.92 Å². The van der Waals surface area contributed by atoms with Gasteiger partial charge in [0.1, 0.15) is 11.6 Å². The summed E-state index contributed by atoms with van der Waals surface area (Å²) in [5.41, 5.74) is 0.717. The summed E-state index contributed by atoms with van der Waals surface area (Å²) in [5, 5.41) is 34.9. The van der Waals surface area contributed by atoms with E-state index in [-0.39, 0.29) is 34.4 Å². The smallest absolute Gasteiger partial charge is 0.282 e. The van der Waals surface area contributed by atoms with Crippen LogP contribution in [0.3, 0.4) is 0 Å². The van der Waals surface area contributed by atoms with E-state index in [4.69, 9.17) is 0 Å². The third kappa shape index (κ3) is 3.30. The maximum atomic E-state index is 13.2. The van der Waals surface area contributed by atoms with E-state index in [9.17, 15) is 29.9 Å². The quantitative estimate of drug-likeness (QED) is 0.435. The minimum atomic E-state index is -0.664. The fourth-order valence-corrected chi connectivity index (χ4v) is 4.09. The predicted octanol–water partition coefficient (Wildman–Crippen LogP) is 1.48. The van der Waals surface area contributed by atoms with Crippen LogP contribution < -0.4 is 10.5 Å². The van der Waals surface area contributed by atoms with Gasteiger partial charge < -0.3 is 15.1 Å². The van der Waals surface area contributed by atoms with Gasteiger partial charge in [-0.15, -0.1) is 0 Å². The Morgan fingerprint density at radius 1 is 1.15 bits per heavy atom. The number of aliphatic hydroxyl groups excluding tert-OH is 1. The third-order valence-electron chi connectivity index (χ3n) is 5.98. The molecular weight excluding hydrogens is 438 g/mol. The van der Waals surface area contributed by atoms with Crippen LogP contribution in [0.25, 0.3) is 10.8 Å². The van der Waals surface area contributed by atoms with Crippen LogP contribution in [0, 0.1) is 18.3 Å². The number of anilines is 1. The molecule has 34 heavy (non-hydrogen) atoms. The number of amides is 2. The number of carbonyl (C=O) groups is 2. The maximum absolute atomic E-state index is 13.2. The highest BCUT2D eigenvalue weighted by molar-refractivity contribution is 6.26. The summed E-state index contributed by atoms with van der Waals surface area (Å²) in [6.07, 6.45) is 1.09. The number of carbonyl (C=O) groups excluding carboxylic acids is 2. The van der Waals surface area contributed by atoms with Crippen molar-refractivity contribution in [3.05, 3.63) is 68.5 Å². The molecule has 0 unspecified atom stereocenters. The molecule has 2 aromatic carbocycles. The van der Waals surface area contributed by atoms with E-state index in [0.717, 1.165) is 16.5 Å². The van der Waals surface area contributed by atoms with Gasteiger partial charge in [-0.1, -0.05) is 12.1 Å². The second kappa shape index (κ2) is 8.46. The lowest BCUT2D eigenvalue weighted by Gasteiger charge is -2.26. The Balaban J connectivity index is 1.83. The van der Waals surface area contributed by atoms with Crippen LogP contribution in [0.1, 0.15) is 37.4 Å². The van der Waals surface area contributed by atoms with Crippen molar-refractivity contribution in [3.63, 3.8) is 0 Å². The number of hydrogen-bond acceptors (Lipinski definition) is 8. The van der Waals surface area contributed by atoms with Gasteiger partial charge in [0, 0.05) is 37.1 Å². The van der Waals surface area contributed by atoms with Crippen molar-refractivity contribution < 1.29 is 19.8 Å². The molecule has 0 radical (unpaired) electrons. The van der Waals surface area contributed by atoms with Gasteiger partial charge >= 0.3 is 0 Å². The zero-order valence-electron chi connectivity index (χ0n) is 18.7. The first-order valence-corrected chi connectivity index (χ1v) is 10.4. The Morgan fingerprint density at radius 2 is 1.82 bits per heavy atom. The first-order chi connectivity index (χ1) is 16.2. The fourth-order valence-electron chi connectivity index (χ4n) is 4.09. The van der Waals surface area contributed by atoms with E-state index in [2.05, 4.69) is 5.10 Å². The van der Waals surface area contributed by atoms with Crippen molar-refractivity contribution in [2.75, 3.05) is 25.1 Å². The van der Waals surface area contributed by atoms with Crippen molar-refractivity contribution in [3.8, 4) is 11.9 Å². The second-order valence-electron chi connectivity index (χ2n) is 7.89. The van der Waals surface area contributed by atoms with Crippen molar-refractivity contribution in [1.29, 1.82) is 5.26 Å². The number of rotatable bonds is 5. The van der Waals surface area contributed by atoms with E-state index in [1.54, 1.807) is 43.4 Å². The zero-order valence-corrected chi connectivity index (χ0v) is 18.7. The normalized spacial score (nSPS) is 13.1. The van der Waals surface area contributed by atoms with Gasteiger partial charge in [0.15, 0.2) is 0 Å². The van der Waals surface area contributed by atoms with Crippen molar-refractivity contribution in [2.24, 2.45) is 12.1 Å². The van der Waals surface area contributed by atoms with Gasteiger partial charge in [0.2, 0.25) is 5.88 Å². The highest BCUT2D eigenvalue weighted by Crippen LogP contribution is 2.35. The molecule has 0 atom stereocenters. The van der Waals surface area contributed by atoms with Crippen LogP contribution in [0.5, 0.6) is 5.88 Å². The molecule has 3 aromatic rings. The molecule has 1 aliphatic rings. The van der Waals surface area contributed by atoms with Gasteiger partial charge in [-0.05, 0) is 30.7 Å². The highest BCUT2D eigenvalue weighted by atomic mass is 16.3. The first kappa shape index (κ1) is 22.7. The topological polar surface area (TPSA) is 139 Å². The van der Waals surface area contributed by atoms with Crippen LogP contribution in [-0.4, -0.2) is 58.0 Å². The lowest BCUT2D eigenvalue weighted by Crippen LogP contribution is -2.36. The lowest BCUT2D eigenvalue weighted by molar-refractivity contribution is 0.0616. The molecule has 2 amide bonds. The number of pyridine rings is 1. The van der Waals surface area contributed by atoms with Crippen LogP contribution in [0.4, 0.5) is 5.69 Å². The number of nitrogens with zero attached hydrogens (tertiary/aromatic N) is 5. The first-order valence-electron chi connectivity index (χ1n) is 10.4. The molecule has 10 nitrogen and oxygen atoms in total. The van der Waals surface area contributed by atoms with Crippen molar-refractivity contribution >= 4 is 34.5 Å². The number of benzene rings is 2. The molecule has 2 N–H and O–H groups in total. The monoisotopic (exact) mass is 459 g/mol. The molecule has 1 aliphatic heterocycles. The number of hydrogen-bond donors (Lipinski definition) is 2. The molecule has 10 heteroatoms. The molecule has 0 aliphatic carbocycles. The number of likely N-dealkylation sites (N-methyl/N-ethyl adjacent to an activating group) is 1. The molecule has 172 valence electrons. The molecule has 0 spiro atoms. The van der Waals surface area contributed by atoms with E-state index < -0.39 is 23.3 Å². The highest BCUT2D eigenvalue weighted by Gasteiger charge is 2.34. The maximum Gasteiger partial charge on any atom is 0.282 e. The number of nitriles is 1. The summed E-state index contributed by atoms with van der Waals surface area (Å²) in [7, 11) is 3.11. The molecule has 1 aromatic heterocycles. The second-order valence-corrected chi connectivity index (χ2v) is 7.89. The van der Waals surface area contributed by atoms with Crippen molar-refractivity contribution in [1.82, 2.24) is 9.58 Å². The van der Waals surface area contributed by atoms with E-state index >= 15 is 0 Å². The van der Waals surface area contributed by atoms with E-state index in [1.807, 2.05) is 4.90 Å². The molecular formula is C24H21N5O5. The summed E-state index contributed by atoms with van der Waals surface area (Å²) in [6.45, 7) is 1.80. The number of imide groups is 1. The van der Waals surface area contributed by atoms with Crippen LogP contribution in [0.15, 0.2) is 40.2 Å². The zero-order chi connectivity index (χ0) is 24.7. The standard InChI is InChI=1S/C24H21N5O5/c1-13-17(11-25)21(31)28(3)22(32)18(13)12-26-29-23(33)15-6-4-5-14-19(27(2)9-10-30)8-7-16(20(14)15)24(29)34/h4-8,12,30,32H,9-10H2,1-3H3/b26-12+. The number of aromatic nitrogens is 1. The summed E-state index contributed by atoms with van der Waals surface area (Å²) in [4.78, 5) is 40.4. The van der Waals surface area contributed by atoms with Crippen LogP contribution >= 0.6 is 0 Å². The van der Waals surface area contributed by atoms with E-state index in [0.29, 0.717) is 22.3 Å². The Morgan fingerprint density at radius 3 is 2.47 bits per heavy atom. The molecule has 2 heterocycles. The Kier molecular flexibility index (Phi) is 5.65. The molecule has 0 fully saturated rings. The number of aromatic hydroxyl groups is 1. The average Bonchev–Trinajstić information content (AvgIpc) is 2.83. The summed E-state index contributed by atoms with van der Waals surface area (Å²) < 4.78 is 0.896. The number of hydrazone groups is 1. The largest absolute Gasteiger partial charge is 0.494 e. The lowest BCUT2D eigenvalue weighted by atomic mass is 9.93. The minimum absolute atomic E-state index is 0.0456. The predicted molar refractivity (Wildman–Crippen MR) is 125 cm³/mol. The summed E-state index contributed by atoms with van der Waals surface area (Å²) in [5.74, 6) is -1.74. The Labute approximate surface area is 194 Å². The molecule has 0 saturated carbocycles. The van der Waals surface area contributed by atoms with E-state index in [1.165, 1.54) is 14.0 Å². The van der Waals surface area contributed by atoms with Crippen LogP contribution in [0.2, 0.25) is 0 Å². The van der Waals surface area contributed by atoms with Gasteiger partial charge in [-0.25, -0.2) is 0 Å². The van der Waals surface area contributed by atoms with Crippen LogP contribution in [-0.2, 0) is 7.05 Å².